The van der Waals surface area contributed by atoms with E-state index in [0.717, 1.165) is 29.3 Å². The first-order valence-corrected chi connectivity index (χ1v) is 13.1. The molecule has 0 bridgehead atoms. The van der Waals surface area contributed by atoms with Gasteiger partial charge in [0.1, 0.15) is 6.04 Å². The van der Waals surface area contributed by atoms with Gasteiger partial charge in [-0.3, -0.25) is 4.79 Å². The number of hydrogen-bond donors (Lipinski definition) is 1. The minimum Gasteiger partial charge on any atom is -0.341 e. The second-order valence-corrected chi connectivity index (χ2v) is 12.2. The van der Waals surface area contributed by atoms with Gasteiger partial charge < -0.3 is 4.90 Å². The molecule has 1 heterocycles. The summed E-state index contributed by atoms with van der Waals surface area (Å²) in [6.45, 7) is 9.85. The molecule has 1 N–H and O–H groups in total. The maximum absolute atomic E-state index is 13.5. The first-order valence-electron chi connectivity index (χ1n) is 11.1. The maximum Gasteiger partial charge on any atom is 0.240 e. The Labute approximate surface area is 199 Å². The minimum absolute atomic E-state index is 0.00336. The lowest BCUT2D eigenvalue weighted by molar-refractivity contribution is -0.137. The molecule has 1 aromatic rings. The fourth-order valence-electron chi connectivity index (χ4n) is 4.72. The highest BCUT2D eigenvalue weighted by molar-refractivity contribution is 7.83. The van der Waals surface area contributed by atoms with E-state index in [2.05, 4.69) is 30.7 Å². The Balaban J connectivity index is 1.67. The van der Waals surface area contributed by atoms with Crippen LogP contribution in [0.5, 0.6) is 0 Å². The summed E-state index contributed by atoms with van der Waals surface area (Å²) in [5, 5.41) is 1.59. The zero-order valence-corrected chi connectivity index (χ0v) is 21.2. The van der Waals surface area contributed by atoms with Crippen LogP contribution in [-0.2, 0) is 15.8 Å². The Bertz CT molecular complexity index is 838. The molecule has 1 fully saturated rings. The SMILES string of the molecule is CC(C)[C@@H](NS(=O)C1CC=C(Cl)CC1)C(=O)N1CC[C@H](c2ccc(Cl)cc2)C(C)(C)C1. The van der Waals surface area contributed by atoms with Crippen molar-refractivity contribution in [2.75, 3.05) is 13.1 Å². The van der Waals surface area contributed by atoms with E-state index in [1.165, 1.54) is 5.56 Å². The van der Waals surface area contributed by atoms with Gasteiger partial charge in [0.15, 0.2) is 0 Å². The summed E-state index contributed by atoms with van der Waals surface area (Å²) < 4.78 is 16.1. The lowest BCUT2D eigenvalue weighted by Crippen LogP contribution is -2.55. The van der Waals surface area contributed by atoms with Crippen molar-refractivity contribution in [3.8, 4) is 0 Å². The summed E-state index contributed by atoms with van der Waals surface area (Å²) in [5.41, 5.74) is 1.21. The van der Waals surface area contributed by atoms with E-state index in [0.29, 0.717) is 25.4 Å². The van der Waals surface area contributed by atoms with Crippen LogP contribution >= 0.6 is 23.2 Å². The number of hydrogen-bond acceptors (Lipinski definition) is 2. The Morgan fingerprint density at radius 2 is 1.87 bits per heavy atom. The summed E-state index contributed by atoms with van der Waals surface area (Å²) in [6.07, 6.45) is 5.09. The molecule has 0 aromatic heterocycles. The van der Waals surface area contributed by atoms with Crippen LogP contribution in [0.1, 0.15) is 64.9 Å². The predicted molar refractivity (Wildman–Crippen MR) is 131 cm³/mol. The largest absolute Gasteiger partial charge is 0.341 e. The molecule has 172 valence electrons. The molecule has 31 heavy (non-hydrogen) atoms. The quantitative estimate of drug-likeness (QED) is 0.567. The van der Waals surface area contributed by atoms with Crippen LogP contribution in [0, 0.1) is 11.3 Å². The molecule has 1 aliphatic carbocycles. The van der Waals surface area contributed by atoms with Crippen LogP contribution < -0.4 is 4.72 Å². The molecular formula is C24H34Cl2N2O2S. The van der Waals surface area contributed by atoms with Crippen LogP contribution in [-0.4, -0.2) is 39.4 Å². The van der Waals surface area contributed by atoms with Gasteiger partial charge in [-0.2, -0.15) is 0 Å². The molecule has 0 spiro atoms. The van der Waals surface area contributed by atoms with E-state index in [4.69, 9.17) is 23.2 Å². The third-order valence-electron chi connectivity index (χ3n) is 6.60. The lowest BCUT2D eigenvalue weighted by Gasteiger charge is -2.45. The second kappa shape index (κ2) is 10.4. The fraction of sp³-hybridized carbons (Fsp3) is 0.625. The molecule has 4 atom stereocenters. The van der Waals surface area contributed by atoms with Crippen LogP contribution in [0.3, 0.4) is 0 Å². The van der Waals surface area contributed by atoms with E-state index in [9.17, 15) is 9.00 Å². The molecule has 1 aliphatic heterocycles. The Morgan fingerprint density at radius 1 is 1.19 bits per heavy atom. The molecule has 2 aliphatic rings. The Hall–Kier alpha value is -0.880. The highest BCUT2D eigenvalue weighted by Gasteiger charge is 2.40. The molecular weight excluding hydrogens is 451 g/mol. The third kappa shape index (κ3) is 6.13. The lowest BCUT2D eigenvalue weighted by atomic mass is 9.70. The average molecular weight is 486 g/mol. The zero-order chi connectivity index (χ0) is 22.8. The molecule has 1 saturated heterocycles. The summed E-state index contributed by atoms with van der Waals surface area (Å²) >= 11 is 12.1. The topological polar surface area (TPSA) is 49.4 Å². The summed E-state index contributed by atoms with van der Waals surface area (Å²) in [5.74, 6) is 0.471. The number of piperidine rings is 1. The number of benzene rings is 1. The van der Waals surface area contributed by atoms with Gasteiger partial charge in [0.25, 0.3) is 0 Å². The van der Waals surface area contributed by atoms with Gasteiger partial charge in [-0.15, -0.1) is 0 Å². The first-order chi connectivity index (χ1) is 14.6. The number of nitrogens with zero attached hydrogens (tertiary/aromatic N) is 1. The molecule has 2 unspecified atom stereocenters. The number of halogens is 2. The molecule has 4 nitrogen and oxygen atoms in total. The molecule has 0 radical (unpaired) electrons. The van der Waals surface area contributed by atoms with Gasteiger partial charge in [0.2, 0.25) is 5.91 Å². The smallest absolute Gasteiger partial charge is 0.240 e. The van der Waals surface area contributed by atoms with Gasteiger partial charge in [-0.05, 0) is 60.6 Å². The monoisotopic (exact) mass is 484 g/mol. The highest BCUT2D eigenvalue weighted by atomic mass is 35.5. The van der Waals surface area contributed by atoms with E-state index in [1.54, 1.807) is 0 Å². The zero-order valence-electron chi connectivity index (χ0n) is 18.9. The number of rotatable bonds is 6. The summed E-state index contributed by atoms with van der Waals surface area (Å²) in [6, 6.07) is 7.61. The molecule has 0 saturated carbocycles. The Morgan fingerprint density at radius 3 is 2.42 bits per heavy atom. The highest BCUT2D eigenvalue weighted by Crippen LogP contribution is 2.42. The predicted octanol–water partition coefficient (Wildman–Crippen LogP) is 5.64. The summed E-state index contributed by atoms with van der Waals surface area (Å²) in [7, 11) is -1.27. The molecule has 1 aromatic carbocycles. The molecule has 7 heteroatoms. The summed E-state index contributed by atoms with van der Waals surface area (Å²) in [4.78, 5) is 15.4. The normalized spacial score (nSPS) is 25.8. The van der Waals surface area contributed by atoms with E-state index in [1.807, 2.05) is 37.0 Å². The minimum atomic E-state index is -1.27. The number of nitrogens with one attached hydrogen (secondary N) is 1. The van der Waals surface area contributed by atoms with Crippen molar-refractivity contribution < 1.29 is 9.00 Å². The van der Waals surface area contributed by atoms with Gasteiger partial charge in [-0.25, -0.2) is 8.93 Å². The van der Waals surface area contributed by atoms with Crippen LogP contribution in [0.15, 0.2) is 35.4 Å². The molecule has 1 amide bonds. The standard InChI is InChI=1S/C24H34Cl2N2O2S/c1-16(2)22(27-31(30)20-11-9-19(26)10-12-20)23(29)28-14-13-21(24(3,4)15-28)17-5-7-18(25)8-6-17/h5-9,16,20-22,27H,10-15H2,1-4H3/t20?,21-,22-,31?/m1/s1. The maximum atomic E-state index is 13.5. The number of likely N-dealkylation sites (tertiary alicyclic amines) is 1. The van der Waals surface area contributed by atoms with Crippen LogP contribution in [0.4, 0.5) is 0 Å². The second-order valence-electron chi connectivity index (χ2n) is 9.83. The van der Waals surface area contributed by atoms with Gasteiger partial charge in [0.05, 0.1) is 16.2 Å². The number of allylic oxidation sites excluding steroid dienone is 2. The van der Waals surface area contributed by atoms with Crippen molar-refractivity contribution in [3.05, 3.63) is 46.0 Å². The van der Waals surface area contributed by atoms with Crippen molar-refractivity contribution >= 4 is 40.1 Å². The number of carbonyl (C=O) groups excluding carboxylic acids is 1. The van der Waals surface area contributed by atoms with Gasteiger partial charge in [0, 0.05) is 23.1 Å². The van der Waals surface area contributed by atoms with E-state index < -0.39 is 17.0 Å². The van der Waals surface area contributed by atoms with E-state index in [-0.39, 0.29) is 22.5 Å². The Kier molecular flexibility index (Phi) is 8.28. The van der Waals surface area contributed by atoms with Crippen LogP contribution in [0.25, 0.3) is 0 Å². The van der Waals surface area contributed by atoms with E-state index >= 15 is 0 Å². The molecule has 3 rings (SSSR count). The van der Waals surface area contributed by atoms with Crippen molar-refractivity contribution in [3.63, 3.8) is 0 Å². The third-order valence-corrected chi connectivity index (χ3v) is 8.71. The van der Waals surface area contributed by atoms with Crippen molar-refractivity contribution in [1.82, 2.24) is 9.62 Å². The van der Waals surface area contributed by atoms with Crippen molar-refractivity contribution in [1.29, 1.82) is 0 Å². The van der Waals surface area contributed by atoms with Gasteiger partial charge >= 0.3 is 0 Å². The first kappa shape index (κ1) is 24.8. The van der Waals surface area contributed by atoms with Crippen molar-refractivity contribution in [2.24, 2.45) is 11.3 Å². The number of amides is 1. The van der Waals surface area contributed by atoms with Gasteiger partial charge in [-0.1, -0.05) is 69.1 Å². The number of carbonyl (C=O) groups is 1. The average Bonchev–Trinajstić information content (AvgIpc) is 2.72. The van der Waals surface area contributed by atoms with Crippen LogP contribution in [0.2, 0.25) is 5.02 Å². The van der Waals surface area contributed by atoms with Crippen molar-refractivity contribution in [2.45, 2.75) is 70.6 Å². The fourth-order valence-corrected chi connectivity index (χ4v) is 6.46.